The Morgan fingerprint density at radius 1 is 0.675 bits per heavy atom. The zero-order chi connectivity index (χ0) is 27.7. The lowest BCUT2D eigenvalue weighted by molar-refractivity contribution is -0.165. The van der Waals surface area contributed by atoms with Crippen molar-refractivity contribution in [3.05, 3.63) is 137 Å². The minimum absolute atomic E-state index is 0.240. The topological polar surface area (TPSA) is 76.6 Å². The normalized spacial score (nSPS) is 13.8. The van der Waals surface area contributed by atoms with E-state index in [4.69, 9.17) is 19.2 Å². The van der Waals surface area contributed by atoms with Gasteiger partial charge in [-0.1, -0.05) is 91.0 Å². The summed E-state index contributed by atoms with van der Waals surface area (Å²) in [6.45, 7) is 4.95. The van der Waals surface area contributed by atoms with Crippen molar-refractivity contribution in [2.75, 3.05) is 6.61 Å². The second kappa shape index (κ2) is 13.5. The van der Waals surface area contributed by atoms with Gasteiger partial charge in [0.25, 0.3) is 0 Å². The zero-order valence-electron chi connectivity index (χ0n) is 23.0. The summed E-state index contributed by atoms with van der Waals surface area (Å²) in [4.78, 5) is 8.42. The molecule has 0 spiro atoms. The first kappa shape index (κ1) is 27.7. The van der Waals surface area contributed by atoms with E-state index in [1.807, 2.05) is 91.0 Å². The number of aliphatic hydroxyl groups excluding tert-OH is 1. The molecule has 0 unspecified atom stereocenters. The van der Waals surface area contributed by atoms with E-state index in [1.54, 1.807) is 0 Å². The number of nitrogens with one attached hydrogen (secondary N) is 1. The average Bonchev–Trinajstić information content (AvgIpc) is 3.39. The van der Waals surface area contributed by atoms with Crippen LogP contribution in [0.5, 0.6) is 0 Å². The fourth-order valence-corrected chi connectivity index (χ4v) is 4.70. The molecule has 206 valence electrons. The first-order valence-corrected chi connectivity index (χ1v) is 13.6. The van der Waals surface area contributed by atoms with Gasteiger partial charge in [0.05, 0.1) is 37.5 Å². The second-order valence-electron chi connectivity index (χ2n) is 10.1. The molecule has 6 nitrogen and oxygen atoms in total. The molecule has 0 bridgehead atoms. The molecule has 5 aromatic rings. The molecule has 0 aliphatic rings. The van der Waals surface area contributed by atoms with Crippen LogP contribution >= 0.6 is 0 Å². The van der Waals surface area contributed by atoms with Crippen LogP contribution in [-0.4, -0.2) is 33.9 Å². The van der Waals surface area contributed by atoms with Crippen LogP contribution in [0.3, 0.4) is 0 Å². The minimum atomic E-state index is -0.665. The van der Waals surface area contributed by atoms with Crippen LogP contribution in [0.25, 0.3) is 11.0 Å². The molecule has 0 aliphatic heterocycles. The summed E-state index contributed by atoms with van der Waals surface area (Å²) in [5, 5.41) is 10.6. The highest BCUT2D eigenvalue weighted by Gasteiger charge is 2.35. The van der Waals surface area contributed by atoms with E-state index in [-0.39, 0.29) is 6.61 Å². The molecule has 0 saturated carbocycles. The summed E-state index contributed by atoms with van der Waals surface area (Å²) in [7, 11) is 0. The van der Waals surface area contributed by atoms with Crippen LogP contribution in [0.2, 0.25) is 0 Å². The van der Waals surface area contributed by atoms with E-state index in [1.165, 1.54) is 11.1 Å². The molecule has 0 fully saturated rings. The third-order valence-electron chi connectivity index (χ3n) is 7.09. The number of H-pyrrole nitrogens is 1. The van der Waals surface area contributed by atoms with E-state index >= 15 is 0 Å². The monoisotopic (exact) mass is 536 g/mol. The maximum Gasteiger partial charge on any atom is 0.144 e. The molecule has 4 aromatic carbocycles. The van der Waals surface area contributed by atoms with Crippen molar-refractivity contribution >= 4 is 11.0 Å². The Bertz CT molecular complexity index is 1430. The van der Waals surface area contributed by atoms with Gasteiger partial charge in [-0.15, -0.1) is 0 Å². The van der Waals surface area contributed by atoms with Gasteiger partial charge in [-0.2, -0.15) is 0 Å². The lowest BCUT2D eigenvalue weighted by Gasteiger charge is -2.32. The fourth-order valence-electron chi connectivity index (χ4n) is 4.70. The van der Waals surface area contributed by atoms with Crippen molar-refractivity contribution in [2.24, 2.45) is 0 Å². The van der Waals surface area contributed by atoms with Crippen LogP contribution in [0.1, 0.15) is 39.7 Å². The van der Waals surface area contributed by atoms with Gasteiger partial charge in [-0.25, -0.2) is 4.98 Å². The molecule has 0 amide bonds. The number of aromatic amines is 1. The third kappa shape index (κ3) is 7.03. The Morgan fingerprint density at radius 2 is 1.18 bits per heavy atom. The number of aromatic nitrogens is 2. The van der Waals surface area contributed by atoms with Gasteiger partial charge in [-0.05, 0) is 53.8 Å². The van der Waals surface area contributed by atoms with E-state index < -0.39 is 18.3 Å². The summed E-state index contributed by atoms with van der Waals surface area (Å²) < 4.78 is 19.4. The largest absolute Gasteiger partial charge is 0.394 e. The van der Waals surface area contributed by atoms with Crippen molar-refractivity contribution < 1.29 is 19.3 Å². The quantitative estimate of drug-likeness (QED) is 0.177. The predicted molar refractivity (Wildman–Crippen MR) is 157 cm³/mol. The fraction of sp³-hybridized carbons (Fsp3) is 0.265. The van der Waals surface area contributed by atoms with Gasteiger partial charge in [0, 0.05) is 0 Å². The van der Waals surface area contributed by atoms with Crippen LogP contribution in [0.15, 0.2) is 103 Å². The summed E-state index contributed by atoms with van der Waals surface area (Å²) >= 11 is 0. The van der Waals surface area contributed by atoms with Crippen molar-refractivity contribution in [2.45, 2.75) is 52.0 Å². The highest BCUT2D eigenvalue weighted by Crippen LogP contribution is 2.30. The first-order chi connectivity index (χ1) is 19.6. The zero-order valence-corrected chi connectivity index (χ0v) is 23.0. The standard InChI is InChI=1S/C34H36N2O4/c1-24-18-29-30(19-25(24)2)36-34(35-29)33(40-23-28-16-10-5-11-17-28)32(39-22-27-14-8-4-9-15-27)31(20-37)38-21-26-12-6-3-7-13-26/h3-19,31-33,37H,20-23H2,1-2H3,(H,35,36)/t31-,32-,33-/m1/s1. The number of hydrogen-bond acceptors (Lipinski definition) is 5. The van der Waals surface area contributed by atoms with Crippen LogP contribution < -0.4 is 0 Å². The highest BCUT2D eigenvalue weighted by atomic mass is 16.6. The van der Waals surface area contributed by atoms with Gasteiger partial charge in [-0.3, -0.25) is 0 Å². The van der Waals surface area contributed by atoms with Crippen LogP contribution in [0.4, 0.5) is 0 Å². The molecule has 1 aromatic heterocycles. The molecular weight excluding hydrogens is 500 g/mol. The number of aliphatic hydroxyl groups is 1. The number of aryl methyl sites for hydroxylation is 2. The van der Waals surface area contributed by atoms with E-state index in [0.717, 1.165) is 27.7 Å². The maximum absolute atomic E-state index is 10.6. The van der Waals surface area contributed by atoms with Crippen molar-refractivity contribution in [3.63, 3.8) is 0 Å². The van der Waals surface area contributed by atoms with Crippen LogP contribution in [-0.2, 0) is 34.0 Å². The Labute approximate surface area is 235 Å². The molecule has 5 rings (SSSR count). The number of fused-ring (bicyclic) bond motifs is 1. The SMILES string of the molecule is Cc1cc2nc([C@H](OCc3ccccc3)[C@H](OCc3ccccc3)[C@@H](CO)OCc3ccccc3)[nH]c2cc1C. The lowest BCUT2D eigenvalue weighted by atomic mass is 10.1. The summed E-state index contributed by atoms with van der Waals surface area (Å²) in [5.74, 6) is 0.635. The van der Waals surface area contributed by atoms with Gasteiger partial charge in [0.15, 0.2) is 0 Å². The molecule has 0 saturated heterocycles. The first-order valence-electron chi connectivity index (χ1n) is 13.6. The van der Waals surface area contributed by atoms with Gasteiger partial charge in [0.1, 0.15) is 24.1 Å². The minimum Gasteiger partial charge on any atom is -0.394 e. The number of benzene rings is 4. The van der Waals surface area contributed by atoms with E-state index in [9.17, 15) is 5.11 Å². The van der Waals surface area contributed by atoms with Gasteiger partial charge >= 0.3 is 0 Å². The number of rotatable bonds is 13. The molecule has 1 heterocycles. The molecule has 3 atom stereocenters. The number of nitrogens with zero attached hydrogens (tertiary/aromatic N) is 1. The van der Waals surface area contributed by atoms with Crippen molar-refractivity contribution in [1.29, 1.82) is 0 Å². The van der Waals surface area contributed by atoms with Crippen LogP contribution in [0, 0.1) is 13.8 Å². The summed E-state index contributed by atoms with van der Waals surface area (Å²) in [5.41, 5.74) is 7.20. The maximum atomic E-state index is 10.6. The Hall–Kier alpha value is -3.81. The van der Waals surface area contributed by atoms with Gasteiger partial charge < -0.3 is 24.3 Å². The Kier molecular flexibility index (Phi) is 9.37. The summed E-state index contributed by atoms with van der Waals surface area (Å²) in [6.07, 6.45) is -1.95. The number of imidazole rings is 1. The van der Waals surface area contributed by atoms with E-state index in [2.05, 4.69) is 31.0 Å². The van der Waals surface area contributed by atoms with Crippen molar-refractivity contribution in [3.8, 4) is 0 Å². The second-order valence-corrected chi connectivity index (χ2v) is 10.1. The Balaban J connectivity index is 1.50. The molecule has 0 radical (unpaired) electrons. The third-order valence-corrected chi connectivity index (χ3v) is 7.09. The Morgan fingerprint density at radius 3 is 1.73 bits per heavy atom. The van der Waals surface area contributed by atoms with Gasteiger partial charge in [0.2, 0.25) is 0 Å². The predicted octanol–water partition coefficient (Wildman–Crippen LogP) is 6.60. The summed E-state index contributed by atoms with van der Waals surface area (Å²) in [6, 6.07) is 34.1. The molecular formula is C34H36N2O4. The number of ether oxygens (including phenoxy) is 3. The average molecular weight is 537 g/mol. The molecule has 0 aliphatic carbocycles. The smallest absolute Gasteiger partial charge is 0.144 e. The molecule has 40 heavy (non-hydrogen) atoms. The highest BCUT2D eigenvalue weighted by molar-refractivity contribution is 5.77. The van der Waals surface area contributed by atoms with E-state index in [0.29, 0.717) is 25.6 Å². The molecule has 2 N–H and O–H groups in total. The van der Waals surface area contributed by atoms with Crippen molar-refractivity contribution in [1.82, 2.24) is 9.97 Å². The number of hydrogen-bond donors (Lipinski definition) is 2. The lowest BCUT2D eigenvalue weighted by Crippen LogP contribution is -2.40. The molecule has 6 heteroatoms.